The average Bonchev–Trinajstić information content (AvgIpc) is 2.88. The van der Waals surface area contributed by atoms with Crippen LogP contribution in [0.2, 0.25) is 5.28 Å². The Morgan fingerprint density at radius 3 is 2.43 bits per heavy atom. The first-order valence-corrected chi connectivity index (χ1v) is 7.19. The van der Waals surface area contributed by atoms with Crippen LogP contribution in [-0.4, -0.2) is 24.5 Å². The molecule has 8 heteroatoms. The number of Topliss-reactive ketones (excluding diaryl/α,β-unsaturated/α-hetero) is 1. The normalized spacial score (nSPS) is 11.1. The van der Waals surface area contributed by atoms with Gasteiger partial charge in [-0.2, -0.15) is 0 Å². The Labute approximate surface area is 135 Å². The van der Waals surface area contributed by atoms with Crippen LogP contribution in [0.4, 0.5) is 0 Å². The molecule has 0 aliphatic rings. The number of carbonyl (C=O) groups excluding carboxylic acids is 1. The number of nitrogens with zero attached hydrogens (tertiary/aromatic N) is 4. The summed E-state index contributed by atoms with van der Waals surface area (Å²) >= 11 is 6.08. The van der Waals surface area contributed by atoms with Gasteiger partial charge in [-0.05, 0) is 11.6 Å². The molecule has 0 unspecified atom stereocenters. The van der Waals surface area contributed by atoms with E-state index in [0.717, 1.165) is 4.57 Å². The molecular weight excluding hydrogens is 320 g/mol. The van der Waals surface area contributed by atoms with Crippen molar-refractivity contribution in [2.24, 2.45) is 14.1 Å². The van der Waals surface area contributed by atoms with E-state index in [2.05, 4.69) is 4.98 Å². The summed E-state index contributed by atoms with van der Waals surface area (Å²) < 4.78 is 3.58. The lowest BCUT2D eigenvalue weighted by molar-refractivity contribution is 0.0973. The van der Waals surface area contributed by atoms with Crippen molar-refractivity contribution in [2.45, 2.75) is 6.54 Å². The molecule has 3 rings (SSSR count). The van der Waals surface area contributed by atoms with Crippen molar-refractivity contribution >= 4 is 28.5 Å². The number of aromatic nitrogens is 4. The molecule has 2 heterocycles. The van der Waals surface area contributed by atoms with E-state index in [-0.39, 0.29) is 28.8 Å². The molecule has 0 saturated carbocycles. The molecule has 0 atom stereocenters. The van der Waals surface area contributed by atoms with E-state index in [1.807, 2.05) is 6.07 Å². The van der Waals surface area contributed by atoms with Gasteiger partial charge in [-0.3, -0.25) is 23.3 Å². The van der Waals surface area contributed by atoms with Gasteiger partial charge in [0.15, 0.2) is 16.9 Å². The zero-order valence-corrected chi connectivity index (χ0v) is 13.2. The van der Waals surface area contributed by atoms with Gasteiger partial charge in [0, 0.05) is 19.7 Å². The average molecular weight is 333 g/mol. The first-order chi connectivity index (χ1) is 10.9. The van der Waals surface area contributed by atoms with Gasteiger partial charge in [0.05, 0.1) is 6.54 Å². The number of rotatable bonds is 3. The Kier molecular flexibility index (Phi) is 3.65. The fourth-order valence-corrected chi connectivity index (χ4v) is 2.69. The van der Waals surface area contributed by atoms with Crippen molar-refractivity contribution in [3.05, 3.63) is 62.0 Å². The monoisotopic (exact) mass is 332 g/mol. The molecule has 7 nitrogen and oxygen atoms in total. The van der Waals surface area contributed by atoms with Gasteiger partial charge in [0.25, 0.3) is 5.56 Å². The van der Waals surface area contributed by atoms with Crippen molar-refractivity contribution in [2.75, 3.05) is 0 Å². The van der Waals surface area contributed by atoms with Gasteiger partial charge >= 0.3 is 5.69 Å². The fraction of sp³-hybridized carbons (Fsp3) is 0.200. The number of fused-ring (bicyclic) bond motifs is 1. The molecule has 2 aromatic heterocycles. The van der Waals surface area contributed by atoms with Crippen molar-refractivity contribution < 1.29 is 4.79 Å². The van der Waals surface area contributed by atoms with Gasteiger partial charge in [0.2, 0.25) is 5.28 Å². The lowest BCUT2D eigenvalue weighted by Gasteiger charge is -2.09. The third-order valence-corrected chi connectivity index (χ3v) is 3.98. The SMILES string of the molecule is Cn1c(=O)c2nc(Cl)n(CC(=O)c3ccccc3)c2n(C)c1=O. The van der Waals surface area contributed by atoms with Crippen LogP contribution in [0.5, 0.6) is 0 Å². The van der Waals surface area contributed by atoms with E-state index in [9.17, 15) is 14.4 Å². The smallest absolute Gasteiger partial charge is 0.293 e. The number of imidazole rings is 1. The fourth-order valence-electron chi connectivity index (χ4n) is 2.46. The predicted octanol–water partition coefficient (Wildman–Crippen LogP) is 0.970. The van der Waals surface area contributed by atoms with E-state index >= 15 is 0 Å². The van der Waals surface area contributed by atoms with Crippen LogP contribution < -0.4 is 11.2 Å². The minimum absolute atomic E-state index is 0.0115. The highest BCUT2D eigenvalue weighted by atomic mass is 35.5. The summed E-state index contributed by atoms with van der Waals surface area (Å²) in [6, 6.07) is 8.70. The highest BCUT2D eigenvalue weighted by Gasteiger charge is 2.19. The number of ketones is 1. The van der Waals surface area contributed by atoms with Gasteiger partial charge in [-0.1, -0.05) is 30.3 Å². The third kappa shape index (κ3) is 2.39. The van der Waals surface area contributed by atoms with Gasteiger partial charge in [0.1, 0.15) is 0 Å². The molecule has 0 saturated heterocycles. The lowest BCUT2D eigenvalue weighted by Crippen LogP contribution is -2.37. The van der Waals surface area contributed by atoms with E-state index in [1.54, 1.807) is 24.3 Å². The first-order valence-electron chi connectivity index (χ1n) is 6.82. The second-order valence-corrected chi connectivity index (χ2v) is 5.47. The Balaban J connectivity index is 2.19. The van der Waals surface area contributed by atoms with Crippen molar-refractivity contribution in [3.8, 4) is 0 Å². The minimum atomic E-state index is -0.545. The lowest BCUT2D eigenvalue weighted by atomic mass is 10.1. The van der Waals surface area contributed by atoms with E-state index in [1.165, 1.54) is 23.2 Å². The van der Waals surface area contributed by atoms with Gasteiger partial charge in [-0.25, -0.2) is 9.78 Å². The molecule has 0 radical (unpaired) electrons. The Morgan fingerprint density at radius 2 is 1.78 bits per heavy atom. The largest absolute Gasteiger partial charge is 0.332 e. The first kappa shape index (κ1) is 15.2. The third-order valence-electron chi connectivity index (χ3n) is 3.69. The number of hydrogen-bond donors (Lipinski definition) is 0. The summed E-state index contributed by atoms with van der Waals surface area (Å²) in [5.74, 6) is -0.195. The zero-order valence-electron chi connectivity index (χ0n) is 12.5. The summed E-state index contributed by atoms with van der Waals surface area (Å²) in [6.07, 6.45) is 0. The summed E-state index contributed by atoms with van der Waals surface area (Å²) in [4.78, 5) is 40.6. The molecule has 23 heavy (non-hydrogen) atoms. The van der Waals surface area contributed by atoms with Crippen LogP contribution >= 0.6 is 11.6 Å². The van der Waals surface area contributed by atoms with Gasteiger partial charge in [-0.15, -0.1) is 0 Å². The van der Waals surface area contributed by atoms with Crippen LogP contribution in [0.1, 0.15) is 10.4 Å². The Morgan fingerprint density at radius 1 is 1.13 bits per heavy atom. The van der Waals surface area contributed by atoms with Crippen LogP contribution in [0.15, 0.2) is 39.9 Å². The number of benzene rings is 1. The van der Waals surface area contributed by atoms with Crippen LogP contribution in [0.3, 0.4) is 0 Å². The summed E-state index contributed by atoms with van der Waals surface area (Å²) in [7, 11) is 2.87. The number of halogens is 1. The molecule has 0 aliphatic carbocycles. The maximum absolute atomic E-state index is 12.4. The molecule has 1 aromatic carbocycles. The standard InChI is InChI=1S/C15H13ClN4O3/c1-18-12-11(13(22)19(2)15(18)23)17-14(16)20(12)8-10(21)9-6-4-3-5-7-9/h3-7H,8H2,1-2H3. The molecule has 118 valence electrons. The van der Waals surface area contributed by atoms with Crippen molar-refractivity contribution in [3.63, 3.8) is 0 Å². The molecule has 0 bridgehead atoms. The molecule has 0 fully saturated rings. The molecule has 0 spiro atoms. The quantitative estimate of drug-likeness (QED) is 0.529. The number of hydrogen-bond acceptors (Lipinski definition) is 4. The second kappa shape index (κ2) is 5.51. The van der Waals surface area contributed by atoms with Crippen molar-refractivity contribution in [1.82, 2.24) is 18.7 Å². The topological polar surface area (TPSA) is 78.9 Å². The maximum atomic E-state index is 12.4. The van der Waals surface area contributed by atoms with E-state index < -0.39 is 11.2 Å². The van der Waals surface area contributed by atoms with Crippen LogP contribution in [-0.2, 0) is 20.6 Å². The number of carbonyl (C=O) groups is 1. The highest BCUT2D eigenvalue weighted by molar-refractivity contribution is 6.29. The Hall–Kier alpha value is -2.67. The molecule has 0 amide bonds. The zero-order chi connectivity index (χ0) is 16.7. The Bertz CT molecular complexity index is 1030. The summed E-state index contributed by atoms with van der Waals surface area (Å²) in [5, 5.41) is -0.0115. The van der Waals surface area contributed by atoms with E-state index in [4.69, 9.17) is 11.6 Å². The van der Waals surface area contributed by atoms with Crippen molar-refractivity contribution in [1.29, 1.82) is 0 Å². The van der Waals surface area contributed by atoms with E-state index in [0.29, 0.717) is 5.56 Å². The highest BCUT2D eigenvalue weighted by Crippen LogP contribution is 2.16. The van der Waals surface area contributed by atoms with Gasteiger partial charge < -0.3 is 0 Å². The van der Waals surface area contributed by atoms with Crippen LogP contribution in [0.25, 0.3) is 11.2 Å². The molecule has 0 aliphatic heterocycles. The minimum Gasteiger partial charge on any atom is -0.293 e. The summed E-state index contributed by atoms with van der Waals surface area (Å²) in [5.41, 5.74) is -0.254. The number of aryl methyl sites for hydroxylation is 1. The second-order valence-electron chi connectivity index (χ2n) is 5.13. The maximum Gasteiger partial charge on any atom is 0.332 e. The molecule has 3 aromatic rings. The molecule has 0 N–H and O–H groups in total. The molecular formula is C15H13ClN4O3. The predicted molar refractivity (Wildman–Crippen MR) is 86.0 cm³/mol. The van der Waals surface area contributed by atoms with Crippen LogP contribution in [0, 0.1) is 0 Å². The summed E-state index contributed by atoms with van der Waals surface area (Å²) in [6.45, 7) is -0.111.